The number of ether oxygens (including phenoxy) is 4. The lowest BCUT2D eigenvalue weighted by molar-refractivity contribution is -0.447. The lowest BCUT2D eigenvalue weighted by Crippen LogP contribution is -2.72. The number of carbonyl (C=O) groups is 2. The van der Waals surface area contributed by atoms with Crippen LogP contribution in [-0.4, -0.2) is 60.2 Å². The highest BCUT2D eigenvalue weighted by Crippen LogP contribution is 2.56. The van der Waals surface area contributed by atoms with Crippen LogP contribution in [0.3, 0.4) is 0 Å². The molecule has 0 saturated carbocycles. The van der Waals surface area contributed by atoms with E-state index in [1.54, 1.807) is 55.4 Å². The van der Waals surface area contributed by atoms with Gasteiger partial charge in [0.15, 0.2) is 0 Å². The van der Waals surface area contributed by atoms with Crippen molar-refractivity contribution >= 4 is 11.9 Å². The molecular weight excluding hydrogens is 356 g/mol. The Bertz CT molecular complexity index is 486. The van der Waals surface area contributed by atoms with E-state index in [4.69, 9.17) is 18.9 Å². The zero-order valence-corrected chi connectivity index (χ0v) is 17.9. The first kappa shape index (κ1) is 25.8. The molecule has 27 heavy (non-hydrogen) atoms. The smallest absolute Gasteiger partial charge is 0.309 e. The van der Waals surface area contributed by atoms with Gasteiger partial charge in [0.05, 0.1) is 5.41 Å². The molecule has 0 atom stereocenters. The summed E-state index contributed by atoms with van der Waals surface area (Å²) in [7, 11) is 0. The molecule has 0 heterocycles. The lowest BCUT2D eigenvalue weighted by atomic mass is 9.60. The number of carboxylic acid groups (broad SMARTS) is 2. The van der Waals surface area contributed by atoms with Crippen LogP contribution >= 0.6 is 0 Å². The van der Waals surface area contributed by atoms with Crippen molar-refractivity contribution in [3.05, 3.63) is 0 Å². The van der Waals surface area contributed by atoms with Gasteiger partial charge in [-0.1, -0.05) is 13.8 Å². The second kappa shape index (κ2) is 9.82. The van der Waals surface area contributed by atoms with E-state index < -0.39 is 40.8 Å². The van der Waals surface area contributed by atoms with Gasteiger partial charge in [0.2, 0.25) is 11.6 Å². The maximum Gasteiger partial charge on any atom is 0.309 e. The van der Waals surface area contributed by atoms with Crippen molar-refractivity contribution in [2.24, 2.45) is 10.8 Å². The van der Waals surface area contributed by atoms with Gasteiger partial charge in [-0.25, -0.2) is 0 Å². The zero-order chi connectivity index (χ0) is 21.5. The third-order valence-electron chi connectivity index (χ3n) is 5.26. The van der Waals surface area contributed by atoms with E-state index >= 15 is 0 Å². The van der Waals surface area contributed by atoms with Gasteiger partial charge in [-0.3, -0.25) is 9.59 Å². The molecule has 0 amide bonds. The minimum absolute atomic E-state index is 0.124. The summed E-state index contributed by atoms with van der Waals surface area (Å²) in [4.78, 5) is 23.8. The fourth-order valence-electron chi connectivity index (χ4n) is 3.30. The Balaban J connectivity index is 7.02. The fourth-order valence-corrected chi connectivity index (χ4v) is 3.30. The Kier molecular flexibility index (Phi) is 9.37. The maximum absolute atomic E-state index is 12.1. The van der Waals surface area contributed by atoms with Crippen molar-refractivity contribution < 1.29 is 38.7 Å². The van der Waals surface area contributed by atoms with Gasteiger partial charge in [0.25, 0.3) is 0 Å². The SMILES string of the molecule is CCOC(CC(=O)O)(OCC)C(OCC)(OCC)C(C)(C)C(C)(C)C(=O)O. The summed E-state index contributed by atoms with van der Waals surface area (Å²) in [5, 5.41) is 19.5. The summed E-state index contributed by atoms with van der Waals surface area (Å²) in [6, 6.07) is 0. The van der Waals surface area contributed by atoms with Crippen LogP contribution in [0.15, 0.2) is 0 Å². The fraction of sp³-hybridized carbons (Fsp3) is 0.895. The van der Waals surface area contributed by atoms with E-state index in [9.17, 15) is 19.8 Å². The van der Waals surface area contributed by atoms with Gasteiger partial charge in [-0.2, -0.15) is 0 Å². The van der Waals surface area contributed by atoms with Gasteiger partial charge < -0.3 is 29.2 Å². The van der Waals surface area contributed by atoms with Crippen LogP contribution < -0.4 is 0 Å². The van der Waals surface area contributed by atoms with Crippen LogP contribution in [0.5, 0.6) is 0 Å². The highest BCUT2D eigenvalue weighted by atomic mass is 16.8. The van der Waals surface area contributed by atoms with Gasteiger partial charge in [-0.05, 0) is 41.5 Å². The Morgan fingerprint density at radius 3 is 1.37 bits per heavy atom. The van der Waals surface area contributed by atoms with Crippen LogP contribution in [0.4, 0.5) is 0 Å². The van der Waals surface area contributed by atoms with Crippen molar-refractivity contribution in [1.82, 2.24) is 0 Å². The first-order valence-electron chi connectivity index (χ1n) is 9.36. The highest BCUT2D eigenvalue weighted by Gasteiger charge is 2.70. The van der Waals surface area contributed by atoms with E-state index in [0.717, 1.165) is 0 Å². The van der Waals surface area contributed by atoms with Crippen LogP contribution in [-0.2, 0) is 28.5 Å². The second-order valence-electron chi connectivity index (χ2n) is 7.23. The molecule has 0 unspecified atom stereocenters. The summed E-state index contributed by atoms with van der Waals surface area (Å²) in [5.41, 5.74) is -2.62. The Morgan fingerprint density at radius 1 is 0.741 bits per heavy atom. The van der Waals surface area contributed by atoms with Gasteiger partial charge in [0.1, 0.15) is 6.42 Å². The zero-order valence-electron chi connectivity index (χ0n) is 17.9. The van der Waals surface area contributed by atoms with E-state index in [1.807, 2.05) is 0 Å². The van der Waals surface area contributed by atoms with Crippen LogP contribution in [0, 0.1) is 10.8 Å². The van der Waals surface area contributed by atoms with Crippen molar-refractivity contribution in [2.75, 3.05) is 26.4 Å². The number of hydrogen-bond acceptors (Lipinski definition) is 6. The molecule has 0 spiro atoms. The summed E-state index contributed by atoms with van der Waals surface area (Å²) >= 11 is 0. The summed E-state index contributed by atoms with van der Waals surface area (Å²) in [6.07, 6.45) is -0.576. The first-order valence-corrected chi connectivity index (χ1v) is 9.36. The molecule has 8 heteroatoms. The predicted molar refractivity (Wildman–Crippen MR) is 99.4 cm³/mol. The predicted octanol–water partition coefficient (Wildman–Crippen LogP) is 3.14. The van der Waals surface area contributed by atoms with E-state index in [2.05, 4.69) is 0 Å². The number of rotatable bonds is 14. The molecule has 0 saturated heterocycles. The van der Waals surface area contributed by atoms with Gasteiger partial charge in [-0.15, -0.1) is 0 Å². The molecule has 0 fully saturated rings. The number of hydrogen-bond donors (Lipinski definition) is 2. The molecule has 0 radical (unpaired) electrons. The van der Waals surface area contributed by atoms with E-state index in [0.29, 0.717) is 0 Å². The van der Waals surface area contributed by atoms with Crippen molar-refractivity contribution in [2.45, 2.75) is 73.4 Å². The second-order valence-corrected chi connectivity index (χ2v) is 7.23. The minimum atomic E-state index is -1.84. The first-order chi connectivity index (χ1) is 12.4. The standard InChI is InChI=1S/C19H36O8/c1-9-24-18(25-10-2,13-14(20)21)19(26-11-3,27-12-4)17(7,8)16(5,6)15(22)23/h9-13H2,1-8H3,(H,20,21)(H,22,23). The molecule has 0 aromatic carbocycles. The molecule has 0 aromatic rings. The molecule has 0 aromatic heterocycles. The average molecular weight is 392 g/mol. The minimum Gasteiger partial charge on any atom is -0.481 e. The Morgan fingerprint density at radius 2 is 1.11 bits per heavy atom. The molecule has 0 aliphatic carbocycles. The highest BCUT2D eigenvalue weighted by molar-refractivity contribution is 5.75. The molecule has 0 aliphatic rings. The summed E-state index contributed by atoms with van der Waals surface area (Å²) < 4.78 is 23.8. The van der Waals surface area contributed by atoms with Gasteiger partial charge in [0, 0.05) is 31.8 Å². The largest absolute Gasteiger partial charge is 0.481 e. The summed E-state index contributed by atoms with van der Waals surface area (Å²) in [5.74, 6) is -5.89. The third-order valence-corrected chi connectivity index (χ3v) is 5.26. The van der Waals surface area contributed by atoms with Gasteiger partial charge >= 0.3 is 11.9 Å². The van der Waals surface area contributed by atoms with Crippen molar-refractivity contribution in [1.29, 1.82) is 0 Å². The maximum atomic E-state index is 12.1. The third kappa shape index (κ3) is 4.62. The van der Waals surface area contributed by atoms with Crippen molar-refractivity contribution in [3.8, 4) is 0 Å². The van der Waals surface area contributed by atoms with E-state index in [-0.39, 0.29) is 26.4 Å². The number of aliphatic carboxylic acids is 2. The molecule has 0 aliphatic heterocycles. The van der Waals surface area contributed by atoms with Crippen LogP contribution in [0.1, 0.15) is 61.8 Å². The quantitative estimate of drug-likeness (QED) is 0.434. The molecular formula is C19H36O8. The van der Waals surface area contributed by atoms with E-state index in [1.165, 1.54) is 0 Å². The average Bonchev–Trinajstić information content (AvgIpc) is 2.53. The molecule has 160 valence electrons. The summed E-state index contributed by atoms with van der Waals surface area (Å²) in [6.45, 7) is 13.8. The normalized spacial score (nSPS) is 13.6. The van der Waals surface area contributed by atoms with Crippen molar-refractivity contribution in [3.63, 3.8) is 0 Å². The van der Waals surface area contributed by atoms with Crippen LogP contribution in [0.25, 0.3) is 0 Å². The molecule has 0 rings (SSSR count). The Hall–Kier alpha value is -1.22. The van der Waals surface area contributed by atoms with Crippen LogP contribution in [0.2, 0.25) is 0 Å². The lowest BCUT2D eigenvalue weighted by Gasteiger charge is -2.58. The monoisotopic (exact) mass is 392 g/mol. The molecule has 0 bridgehead atoms. The molecule has 2 N–H and O–H groups in total. The topological polar surface area (TPSA) is 112 Å². The Labute approximate surface area is 162 Å². The molecule has 8 nitrogen and oxygen atoms in total. The number of carboxylic acids is 2.